The molecule has 1 heterocycles. The van der Waals surface area contributed by atoms with E-state index in [1.54, 1.807) is 21.3 Å². The van der Waals surface area contributed by atoms with E-state index in [9.17, 15) is 0 Å². The zero-order valence-corrected chi connectivity index (χ0v) is 16.4. The Bertz CT molecular complexity index is 584. The van der Waals surface area contributed by atoms with Crippen LogP contribution in [0.3, 0.4) is 0 Å². The summed E-state index contributed by atoms with van der Waals surface area (Å²) >= 11 is 0. The second-order valence-corrected chi connectivity index (χ2v) is 7.26. The van der Waals surface area contributed by atoms with Gasteiger partial charge in [-0.15, -0.1) is 0 Å². The van der Waals surface area contributed by atoms with Crippen molar-refractivity contribution < 1.29 is 14.2 Å². The highest BCUT2D eigenvalue weighted by atomic mass is 16.5. The maximum Gasteiger partial charge on any atom is 0.203 e. The average Bonchev–Trinajstić information content (AvgIpc) is 2.69. The van der Waals surface area contributed by atoms with Gasteiger partial charge >= 0.3 is 0 Å². The van der Waals surface area contributed by atoms with Gasteiger partial charge in [-0.25, -0.2) is 0 Å². The van der Waals surface area contributed by atoms with Crippen LogP contribution in [0.15, 0.2) is 24.3 Å². The molecule has 1 aliphatic carbocycles. The molecule has 26 heavy (non-hydrogen) atoms. The summed E-state index contributed by atoms with van der Waals surface area (Å²) in [5, 5.41) is 0. The minimum absolute atomic E-state index is 0.658. The molecule has 0 amide bonds. The van der Waals surface area contributed by atoms with Gasteiger partial charge in [-0.1, -0.05) is 12.2 Å². The predicted octanol–water partition coefficient (Wildman–Crippen LogP) is 3.19. The van der Waals surface area contributed by atoms with Crippen LogP contribution in [0.1, 0.15) is 24.8 Å². The van der Waals surface area contributed by atoms with Crippen molar-refractivity contribution in [2.75, 3.05) is 54.1 Å². The van der Waals surface area contributed by atoms with Crippen LogP contribution >= 0.6 is 0 Å². The normalized spacial score (nSPS) is 21.6. The molecular formula is C21H32N2O3. The lowest BCUT2D eigenvalue weighted by molar-refractivity contribution is 0.111. The van der Waals surface area contributed by atoms with Crippen LogP contribution in [0.5, 0.6) is 17.2 Å². The quantitative estimate of drug-likeness (QED) is 0.698. The zero-order chi connectivity index (χ0) is 18.4. The number of ether oxygens (including phenoxy) is 3. The summed E-state index contributed by atoms with van der Waals surface area (Å²) in [6.07, 6.45) is 8.54. The van der Waals surface area contributed by atoms with Gasteiger partial charge in [-0.05, 0) is 42.9 Å². The number of nitrogens with zero attached hydrogens (tertiary/aromatic N) is 2. The first-order chi connectivity index (χ1) is 12.7. The summed E-state index contributed by atoms with van der Waals surface area (Å²) in [6, 6.07) is 4.12. The standard InChI is InChI=1S/C21H32N2O3/c1-24-19-13-18(14-20(25-2)21(19)26-3)16-23-11-9-22(10-12-23)15-17-7-5-4-6-8-17/h4-5,13-14,17H,6-12,15-16H2,1-3H3. The largest absolute Gasteiger partial charge is 0.493 e. The number of piperazine rings is 1. The van der Waals surface area contributed by atoms with Crippen molar-refractivity contribution in [3.05, 3.63) is 29.8 Å². The van der Waals surface area contributed by atoms with Crippen LogP contribution in [0.4, 0.5) is 0 Å². The first kappa shape index (κ1) is 19.1. The zero-order valence-electron chi connectivity index (χ0n) is 16.4. The Morgan fingerprint density at radius 1 is 0.885 bits per heavy atom. The number of hydrogen-bond donors (Lipinski definition) is 0. The van der Waals surface area contributed by atoms with Crippen molar-refractivity contribution in [3.63, 3.8) is 0 Å². The fraction of sp³-hybridized carbons (Fsp3) is 0.619. The maximum atomic E-state index is 5.47. The van der Waals surface area contributed by atoms with E-state index in [1.807, 2.05) is 0 Å². The van der Waals surface area contributed by atoms with E-state index in [4.69, 9.17) is 14.2 Å². The van der Waals surface area contributed by atoms with Gasteiger partial charge in [0.25, 0.3) is 0 Å². The molecule has 1 unspecified atom stereocenters. The summed E-state index contributed by atoms with van der Waals surface area (Å²) in [5.74, 6) is 2.96. The van der Waals surface area contributed by atoms with Crippen LogP contribution in [-0.4, -0.2) is 63.9 Å². The summed E-state index contributed by atoms with van der Waals surface area (Å²) < 4.78 is 16.4. The number of hydrogen-bond acceptors (Lipinski definition) is 5. The molecule has 1 aromatic rings. The lowest BCUT2D eigenvalue weighted by Gasteiger charge is -2.36. The molecule has 0 aromatic heterocycles. The smallest absolute Gasteiger partial charge is 0.203 e. The van der Waals surface area contributed by atoms with Gasteiger partial charge in [0.2, 0.25) is 5.75 Å². The maximum absolute atomic E-state index is 5.47. The molecule has 0 bridgehead atoms. The van der Waals surface area contributed by atoms with E-state index in [0.29, 0.717) is 5.75 Å². The van der Waals surface area contributed by atoms with Crippen LogP contribution in [0.2, 0.25) is 0 Å². The van der Waals surface area contributed by atoms with Crippen molar-refractivity contribution in [2.45, 2.75) is 25.8 Å². The van der Waals surface area contributed by atoms with Gasteiger partial charge in [0.15, 0.2) is 11.5 Å². The fourth-order valence-electron chi connectivity index (χ4n) is 4.00. The summed E-state index contributed by atoms with van der Waals surface area (Å²) in [6.45, 7) is 6.70. The molecule has 5 nitrogen and oxygen atoms in total. The van der Waals surface area contributed by atoms with Crippen molar-refractivity contribution in [3.8, 4) is 17.2 Å². The Labute approximate surface area is 157 Å². The topological polar surface area (TPSA) is 34.2 Å². The molecule has 1 fully saturated rings. The third-order valence-electron chi connectivity index (χ3n) is 5.49. The van der Waals surface area contributed by atoms with Crippen LogP contribution < -0.4 is 14.2 Å². The highest BCUT2D eigenvalue weighted by Gasteiger charge is 2.21. The minimum atomic E-state index is 0.658. The molecule has 1 aliphatic heterocycles. The molecule has 5 heteroatoms. The van der Waals surface area contributed by atoms with Gasteiger partial charge in [-0.3, -0.25) is 4.90 Å². The average molecular weight is 360 g/mol. The second-order valence-electron chi connectivity index (χ2n) is 7.26. The van der Waals surface area contributed by atoms with E-state index in [1.165, 1.54) is 31.4 Å². The number of benzene rings is 1. The van der Waals surface area contributed by atoms with Crippen molar-refractivity contribution >= 4 is 0 Å². The molecule has 0 N–H and O–H groups in total. The second kappa shape index (κ2) is 9.28. The Morgan fingerprint density at radius 3 is 2.08 bits per heavy atom. The third-order valence-corrected chi connectivity index (χ3v) is 5.49. The summed E-state index contributed by atoms with van der Waals surface area (Å²) in [5.41, 5.74) is 1.20. The van der Waals surface area contributed by atoms with Gasteiger partial charge in [0, 0.05) is 39.3 Å². The molecule has 1 saturated heterocycles. The lowest BCUT2D eigenvalue weighted by atomic mass is 9.94. The predicted molar refractivity (Wildman–Crippen MR) is 104 cm³/mol. The number of rotatable bonds is 7. The monoisotopic (exact) mass is 360 g/mol. The number of allylic oxidation sites excluding steroid dienone is 2. The molecule has 0 saturated carbocycles. The van der Waals surface area contributed by atoms with Gasteiger partial charge in [0.1, 0.15) is 0 Å². The Kier molecular flexibility index (Phi) is 6.80. The van der Waals surface area contributed by atoms with Crippen LogP contribution in [0, 0.1) is 5.92 Å². The van der Waals surface area contributed by atoms with E-state index in [-0.39, 0.29) is 0 Å². The molecule has 0 radical (unpaired) electrons. The summed E-state index contributed by atoms with van der Waals surface area (Å²) in [4.78, 5) is 5.15. The van der Waals surface area contributed by atoms with E-state index in [2.05, 4.69) is 34.1 Å². The van der Waals surface area contributed by atoms with E-state index < -0.39 is 0 Å². The van der Waals surface area contributed by atoms with Gasteiger partial charge in [0.05, 0.1) is 21.3 Å². The molecular weight excluding hydrogens is 328 g/mol. The first-order valence-corrected chi connectivity index (χ1v) is 9.62. The molecule has 144 valence electrons. The highest BCUT2D eigenvalue weighted by Crippen LogP contribution is 2.38. The Morgan fingerprint density at radius 2 is 1.54 bits per heavy atom. The highest BCUT2D eigenvalue weighted by molar-refractivity contribution is 5.53. The lowest BCUT2D eigenvalue weighted by Crippen LogP contribution is -2.47. The first-order valence-electron chi connectivity index (χ1n) is 9.62. The fourth-order valence-corrected chi connectivity index (χ4v) is 4.00. The Balaban J connectivity index is 1.55. The van der Waals surface area contributed by atoms with Crippen molar-refractivity contribution in [2.24, 2.45) is 5.92 Å². The van der Waals surface area contributed by atoms with E-state index in [0.717, 1.165) is 50.1 Å². The minimum Gasteiger partial charge on any atom is -0.493 e. The molecule has 1 aromatic carbocycles. The molecule has 0 spiro atoms. The van der Waals surface area contributed by atoms with Crippen molar-refractivity contribution in [1.82, 2.24) is 9.80 Å². The van der Waals surface area contributed by atoms with Gasteiger partial charge < -0.3 is 19.1 Å². The number of methoxy groups -OCH3 is 3. The van der Waals surface area contributed by atoms with Crippen LogP contribution in [0.25, 0.3) is 0 Å². The van der Waals surface area contributed by atoms with Crippen molar-refractivity contribution in [1.29, 1.82) is 0 Å². The molecule has 3 rings (SSSR count). The SMILES string of the molecule is COc1cc(CN2CCN(CC3CC=CCC3)CC2)cc(OC)c1OC. The third kappa shape index (κ3) is 4.71. The Hall–Kier alpha value is -1.72. The van der Waals surface area contributed by atoms with Gasteiger partial charge in [-0.2, -0.15) is 0 Å². The van der Waals surface area contributed by atoms with E-state index >= 15 is 0 Å². The summed E-state index contributed by atoms with van der Waals surface area (Å²) in [7, 11) is 4.97. The molecule has 1 atom stereocenters. The van der Waals surface area contributed by atoms with Crippen LogP contribution in [-0.2, 0) is 6.54 Å². The molecule has 2 aliphatic rings.